The maximum absolute atomic E-state index is 11.6. The number of ketones is 1. The van der Waals surface area contributed by atoms with Crippen LogP contribution in [0.5, 0.6) is 17.2 Å². The summed E-state index contributed by atoms with van der Waals surface area (Å²) in [5.74, 6) is -0.244. The Labute approximate surface area is 128 Å². The minimum Gasteiger partial charge on any atom is -0.493 e. The molecule has 0 saturated carbocycles. The van der Waals surface area contributed by atoms with E-state index in [9.17, 15) is 9.59 Å². The van der Waals surface area contributed by atoms with Crippen LogP contribution in [0.25, 0.3) is 6.08 Å². The molecule has 7 heteroatoms. The molecule has 1 aromatic rings. The van der Waals surface area contributed by atoms with Crippen LogP contribution in [0, 0.1) is 0 Å². The van der Waals surface area contributed by atoms with Gasteiger partial charge < -0.3 is 25.1 Å². The highest BCUT2D eigenvalue weighted by atomic mass is 16.5. The monoisotopic (exact) mass is 309 g/mol. The van der Waals surface area contributed by atoms with Crippen molar-refractivity contribution in [2.75, 3.05) is 21.3 Å². The maximum atomic E-state index is 11.6. The van der Waals surface area contributed by atoms with Crippen molar-refractivity contribution >= 4 is 17.8 Å². The Hall–Kier alpha value is -2.54. The van der Waals surface area contributed by atoms with E-state index in [4.69, 9.17) is 25.1 Å². The van der Waals surface area contributed by atoms with Gasteiger partial charge in [0.25, 0.3) is 0 Å². The smallest absolute Gasteiger partial charge is 0.320 e. The average molecular weight is 309 g/mol. The fourth-order valence-corrected chi connectivity index (χ4v) is 1.76. The van der Waals surface area contributed by atoms with Crippen molar-refractivity contribution in [3.05, 3.63) is 23.8 Å². The predicted molar refractivity (Wildman–Crippen MR) is 80.4 cm³/mol. The molecule has 0 aliphatic carbocycles. The van der Waals surface area contributed by atoms with E-state index < -0.39 is 12.0 Å². The minimum atomic E-state index is -1.21. The van der Waals surface area contributed by atoms with Crippen molar-refractivity contribution in [2.24, 2.45) is 5.73 Å². The molecule has 0 aromatic heterocycles. The molecule has 22 heavy (non-hydrogen) atoms. The number of rotatable bonds is 8. The fourth-order valence-electron chi connectivity index (χ4n) is 1.76. The van der Waals surface area contributed by atoms with E-state index in [1.54, 1.807) is 12.1 Å². The van der Waals surface area contributed by atoms with Gasteiger partial charge in [-0.25, -0.2) is 0 Å². The van der Waals surface area contributed by atoms with E-state index in [0.717, 1.165) is 0 Å². The Morgan fingerprint density at radius 3 is 2.14 bits per heavy atom. The molecule has 1 aromatic carbocycles. The number of allylic oxidation sites excluding steroid dienone is 1. The summed E-state index contributed by atoms with van der Waals surface area (Å²) in [6, 6.07) is 2.13. The number of benzene rings is 1. The summed E-state index contributed by atoms with van der Waals surface area (Å²) in [6.07, 6.45) is 2.53. The number of carboxylic acid groups (broad SMARTS) is 1. The summed E-state index contributed by atoms with van der Waals surface area (Å²) in [4.78, 5) is 22.2. The zero-order valence-electron chi connectivity index (χ0n) is 12.7. The summed E-state index contributed by atoms with van der Waals surface area (Å²) in [6.45, 7) is 0. The molecule has 0 heterocycles. The highest BCUT2D eigenvalue weighted by molar-refractivity contribution is 5.96. The average Bonchev–Trinajstić information content (AvgIpc) is 2.51. The third kappa shape index (κ3) is 4.49. The highest BCUT2D eigenvalue weighted by Crippen LogP contribution is 2.38. The van der Waals surface area contributed by atoms with Crippen LogP contribution in [0.4, 0.5) is 0 Å². The first-order valence-corrected chi connectivity index (χ1v) is 6.42. The molecule has 0 unspecified atom stereocenters. The van der Waals surface area contributed by atoms with Gasteiger partial charge in [0, 0.05) is 6.42 Å². The van der Waals surface area contributed by atoms with Crippen LogP contribution in [0.2, 0.25) is 0 Å². The van der Waals surface area contributed by atoms with E-state index >= 15 is 0 Å². The lowest BCUT2D eigenvalue weighted by Crippen LogP contribution is -2.32. The van der Waals surface area contributed by atoms with Crippen molar-refractivity contribution in [3.63, 3.8) is 0 Å². The molecule has 0 radical (unpaired) electrons. The number of carbonyl (C=O) groups excluding carboxylic acids is 1. The van der Waals surface area contributed by atoms with Crippen LogP contribution >= 0.6 is 0 Å². The Bertz CT molecular complexity index is 556. The van der Waals surface area contributed by atoms with Gasteiger partial charge in [-0.3, -0.25) is 9.59 Å². The van der Waals surface area contributed by atoms with Crippen LogP contribution in [-0.4, -0.2) is 44.2 Å². The number of nitrogens with two attached hydrogens (primary N) is 1. The lowest BCUT2D eigenvalue weighted by atomic mass is 10.1. The first-order chi connectivity index (χ1) is 10.4. The lowest BCUT2D eigenvalue weighted by Gasteiger charge is -2.12. The number of ether oxygens (including phenoxy) is 3. The second-order valence-corrected chi connectivity index (χ2v) is 4.41. The van der Waals surface area contributed by atoms with Gasteiger partial charge in [-0.1, -0.05) is 6.08 Å². The number of carbonyl (C=O) groups is 2. The van der Waals surface area contributed by atoms with Crippen LogP contribution < -0.4 is 19.9 Å². The van der Waals surface area contributed by atoms with Crippen molar-refractivity contribution in [2.45, 2.75) is 12.5 Å². The lowest BCUT2D eigenvalue weighted by molar-refractivity contribution is -0.139. The van der Waals surface area contributed by atoms with Crippen molar-refractivity contribution in [1.82, 2.24) is 0 Å². The molecule has 0 amide bonds. The van der Waals surface area contributed by atoms with Crippen LogP contribution in [0.3, 0.4) is 0 Å². The molecule has 3 N–H and O–H groups in total. The number of carboxylic acids is 1. The predicted octanol–water partition coefficient (Wildman–Crippen LogP) is 1.10. The molecule has 1 rings (SSSR count). The van der Waals surface area contributed by atoms with Crippen LogP contribution in [0.1, 0.15) is 12.0 Å². The molecule has 0 bridgehead atoms. The van der Waals surface area contributed by atoms with Crippen molar-refractivity contribution in [1.29, 1.82) is 0 Å². The van der Waals surface area contributed by atoms with Crippen molar-refractivity contribution in [3.8, 4) is 17.2 Å². The Kier molecular flexibility index (Phi) is 6.40. The SMILES string of the molecule is COc1cc(C=CC(=O)C[C@@H](N)C(=O)O)cc(OC)c1OC. The number of hydrogen-bond acceptors (Lipinski definition) is 6. The van der Waals surface area contributed by atoms with Gasteiger partial charge >= 0.3 is 5.97 Å². The largest absolute Gasteiger partial charge is 0.493 e. The molecule has 7 nitrogen and oxygen atoms in total. The first-order valence-electron chi connectivity index (χ1n) is 6.42. The van der Waals surface area contributed by atoms with Gasteiger partial charge in [0.2, 0.25) is 5.75 Å². The second kappa shape index (κ2) is 8.04. The number of aliphatic carboxylic acids is 1. The van der Waals surface area contributed by atoms with Gasteiger partial charge in [0.15, 0.2) is 17.3 Å². The van der Waals surface area contributed by atoms with Crippen molar-refractivity contribution < 1.29 is 28.9 Å². The molecule has 0 saturated heterocycles. The molecular formula is C15H19NO6. The standard InChI is InChI=1S/C15H19NO6/c1-20-12-6-9(7-13(21-2)14(12)22-3)4-5-10(17)8-11(16)15(18)19/h4-7,11H,8,16H2,1-3H3,(H,18,19)/t11-/m1/s1. The number of methoxy groups -OCH3 is 3. The molecule has 120 valence electrons. The first kappa shape index (κ1) is 17.5. The molecule has 0 fully saturated rings. The molecule has 0 spiro atoms. The van der Waals surface area contributed by atoms with Crippen LogP contribution in [-0.2, 0) is 9.59 Å². The van der Waals surface area contributed by atoms with E-state index in [1.165, 1.54) is 33.5 Å². The van der Waals surface area contributed by atoms with Gasteiger partial charge in [-0.05, 0) is 23.8 Å². The zero-order valence-corrected chi connectivity index (χ0v) is 12.7. The van der Waals surface area contributed by atoms with Gasteiger partial charge in [-0.15, -0.1) is 0 Å². The van der Waals surface area contributed by atoms with E-state index in [2.05, 4.69) is 0 Å². The van der Waals surface area contributed by atoms with E-state index in [0.29, 0.717) is 22.8 Å². The van der Waals surface area contributed by atoms with Gasteiger partial charge in [0.1, 0.15) is 6.04 Å². The Morgan fingerprint density at radius 2 is 1.73 bits per heavy atom. The summed E-state index contributed by atoms with van der Waals surface area (Å²) >= 11 is 0. The molecule has 1 atom stereocenters. The van der Waals surface area contributed by atoms with Gasteiger partial charge in [0.05, 0.1) is 21.3 Å². The topological polar surface area (TPSA) is 108 Å². The van der Waals surface area contributed by atoms with Crippen LogP contribution in [0.15, 0.2) is 18.2 Å². The minimum absolute atomic E-state index is 0.268. The quantitative estimate of drug-likeness (QED) is 0.692. The summed E-state index contributed by atoms with van der Waals surface area (Å²) in [5.41, 5.74) is 5.95. The van der Waals surface area contributed by atoms with Gasteiger partial charge in [-0.2, -0.15) is 0 Å². The molecule has 0 aliphatic heterocycles. The number of hydrogen-bond donors (Lipinski definition) is 2. The Morgan fingerprint density at radius 1 is 1.18 bits per heavy atom. The highest BCUT2D eigenvalue weighted by Gasteiger charge is 2.15. The third-order valence-electron chi connectivity index (χ3n) is 2.89. The molecular weight excluding hydrogens is 290 g/mol. The summed E-state index contributed by atoms with van der Waals surface area (Å²) in [5, 5.41) is 8.66. The Balaban J connectivity index is 2.96. The van der Waals surface area contributed by atoms with E-state index in [1.807, 2.05) is 0 Å². The normalized spacial score (nSPS) is 12.0. The molecule has 0 aliphatic rings. The maximum Gasteiger partial charge on any atom is 0.320 e. The second-order valence-electron chi connectivity index (χ2n) is 4.41. The summed E-state index contributed by atoms with van der Waals surface area (Å²) < 4.78 is 15.6. The zero-order chi connectivity index (χ0) is 16.7. The van der Waals surface area contributed by atoms with E-state index in [-0.39, 0.29) is 12.2 Å². The third-order valence-corrected chi connectivity index (χ3v) is 2.89. The summed E-state index contributed by atoms with van der Waals surface area (Å²) in [7, 11) is 4.47. The fraction of sp³-hybridized carbons (Fsp3) is 0.333.